The zero-order chi connectivity index (χ0) is 35.4. The van der Waals surface area contributed by atoms with Gasteiger partial charge < -0.3 is 44.5 Å². The van der Waals surface area contributed by atoms with E-state index in [1.165, 1.54) is 6.92 Å². The van der Waals surface area contributed by atoms with Gasteiger partial charge in [0, 0.05) is 6.92 Å². The van der Waals surface area contributed by atoms with Gasteiger partial charge in [0.15, 0.2) is 12.4 Å². The van der Waals surface area contributed by atoms with Gasteiger partial charge >= 0.3 is 5.97 Å². The molecule has 6 aliphatic rings. The molecule has 5 N–H and O–H groups in total. The van der Waals surface area contributed by atoms with Crippen molar-refractivity contribution in [3.05, 3.63) is 0 Å². The van der Waals surface area contributed by atoms with Gasteiger partial charge in [-0.1, -0.05) is 34.6 Å². The Balaban J connectivity index is 1.24. The third-order valence-electron chi connectivity index (χ3n) is 15.6. The second kappa shape index (κ2) is 12.1. The van der Waals surface area contributed by atoms with Gasteiger partial charge in [0.1, 0.15) is 18.3 Å². The van der Waals surface area contributed by atoms with Crippen LogP contribution in [0.3, 0.4) is 0 Å². The summed E-state index contributed by atoms with van der Waals surface area (Å²) < 4.78 is 24.7. The Morgan fingerprint density at radius 1 is 0.875 bits per heavy atom. The monoisotopic (exact) mass is 680 g/mol. The van der Waals surface area contributed by atoms with E-state index in [9.17, 15) is 30.3 Å². The van der Waals surface area contributed by atoms with Gasteiger partial charge in [-0.05, 0) is 124 Å². The average Bonchev–Trinajstić information content (AvgIpc) is 3.55. The molecule has 6 fully saturated rings. The van der Waals surface area contributed by atoms with Crippen LogP contribution in [0.25, 0.3) is 0 Å². The molecule has 0 radical (unpaired) electrons. The summed E-state index contributed by atoms with van der Waals surface area (Å²) in [5.41, 5.74) is -1.69. The molecule has 4 aliphatic carbocycles. The first-order valence-corrected chi connectivity index (χ1v) is 18.7. The molecule has 0 unspecified atom stereocenters. The highest BCUT2D eigenvalue weighted by molar-refractivity contribution is 5.66. The maximum atomic E-state index is 12.3. The Hall–Kier alpha value is -0.850. The van der Waals surface area contributed by atoms with E-state index >= 15 is 0 Å². The highest BCUT2D eigenvalue weighted by Gasteiger charge is 2.72. The number of aliphatic hydroxyl groups is 5. The van der Waals surface area contributed by atoms with Crippen molar-refractivity contribution in [3.8, 4) is 0 Å². The molecule has 48 heavy (non-hydrogen) atoms. The fourth-order valence-electron chi connectivity index (χ4n) is 13.0. The topological polar surface area (TPSA) is 155 Å². The van der Waals surface area contributed by atoms with E-state index < -0.39 is 55.0 Å². The van der Waals surface area contributed by atoms with E-state index in [1.54, 1.807) is 0 Å². The molecule has 6 rings (SSSR count). The highest BCUT2D eigenvalue weighted by atomic mass is 16.7. The molecule has 0 amide bonds. The number of aliphatic hydroxyl groups excluding tert-OH is 4. The van der Waals surface area contributed by atoms with E-state index in [0.717, 1.165) is 51.4 Å². The molecule has 4 saturated carbocycles. The van der Waals surface area contributed by atoms with Gasteiger partial charge in [0.05, 0.1) is 36.1 Å². The molecule has 10 heteroatoms. The smallest absolute Gasteiger partial charge is 0.303 e. The first-order chi connectivity index (χ1) is 22.1. The summed E-state index contributed by atoms with van der Waals surface area (Å²) in [4.78, 5) is 12.0. The minimum absolute atomic E-state index is 0.0513. The number of hydrogen-bond acceptors (Lipinski definition) is 10. The third-order valence-corrected chi connectivity index (χ3v) is 15.6. The standard InChI is InChI=1S/C38H64O10/c1-20(40)45-30-29(43)28(42)24(19-39)46-32(30)47-26-12-14-35(6)25(33(26,2)3)11-16-37(8)31(35)23(41)18-22-21(10-15-36(22,37)7)38(9)17-13-27(48-38)34(4,5)44/h21-32,39,41-44H,10-19H2,1-9H3/t21-,22+,23+,24+,25-,26-,27+,28+,29-,30+,31+,32-,35-,36+,37+,38-/m0/s1. The number of ether oxygens (including phenoxy) is 4. The van der Waals surface area contributed by atoms with Crippen molar-refractivity contribution >= 4 is 5.97 Å². The van der Waals surface area contributed by atoms with Gasteiger partial charge in [0.2, 0.25) is 0 Å². The van der Waals surface area contributed by atoms with Crippen LogP contribution in [0, 0.1) is 45.3 Å². The van der Waals surface area contributed by atoms with Crippen molar-refractivity contribution < 1.29 is 49.3 Å². The van der Waals surface area contributed by atoms with Crippen molar-refractivity contribution in [1.82, 2.24) is 0 Å². The van der Waals surface area contributed by atoms with E-state index in [4.69, 9.17) is 18.9 Å². The minimum Gasteiger partial charge on any atom is -0.454 e. The normalized spacial score (nSPS) is 53.5. The largest absolute Gasteiger partial charge is 0.454 e. The predicted octanol–water partition coefficient (Wildman–Crippen LogP) is 4.11. The maximum absolute atomic E-state index is 12.3. The molecule has 2 heterocycles. The van der Waals surface area contributed by atoms with E-state index in [-0.39, 0.29) is 51.3 Å². The number of fused-ring (bicyclic) bond motifs is 5. The van der Waals surface area contributed by atoms with Crippen LogP contribution in [-0.2, 0) is 23.7 Å². The third kappa shape index (κ3) is 5.44. The zero-order valence-electron chi connectivity index (χ0n) is 30.8. The first kappa shape index (κ1) is 36.9. The van der Waals surface area contributed by atoms with Crippen LogP contribution in [0.15, 0.2) is 0 Å². The summed E-state index contributed by atoms with van der Waals surface area (Å²) in [6.07, 6.45) is 1.05. The molecular formula is C38H64O10. The Morgan fingerprint density at radius 2 is 1.54 bits per heavy atom. The Bertz CT molecular complexity index is 1220. The van der Waals surface area contributed by atoms with Crippen LogP contribution >= 0.6 is 0 Å². The summed E-state index contributed by atoms with van der Waals surface area (Å²) in [6, 6.07) is 0. The van der Waals surface area contributed by atoms with Crippen molar-refractivity contribution in [2.24, 2.45) is 45.3 Å². The van der Waals surface area contributed by atoms with Crippen molar-refractivity contribution in [1.29, 1.82) is 0 Å². The van der Waals surface area contributed by atoms with Crippen molar-refractivity contribution in [3.63, 3.8) is 0 Å². The molecule has 10 nitrogen and oxygen atoms in total. The molecule has 0 aromatic rings. The lowest BCUT2D eigenvalue weighted by Gasteiger charge is -2.71. The van der Waals surface area contributed by atoms with Gasteiger partial charge in [-0.3, -0.25) is 4.79 Å². The average molecular weight is 681 g/mol. The predicted molar refractivity (Wildman–Crippen MR) is 177 cm³/mol. The van der Waals surface area contributed by atoms with E-state index in [0.29, 0.717) is 18.3 Å². The van der Waals surface area contributed by atoms with Crippen LogP contribution in [0.1, 0.15) is 120 Å². The number of esters is 1. The molecule has 0 bridgehead atoms. The van der Waals surface area contributed by atoms with Crippen molar-refractivity contribution in [2.45, 2.75) is 180 Å². The molecular weight excluding hydrogens is 616 g/mol. The second-order valence-corrected chi connectivity index (χ2v) is 18.8. The summed E-state index contributed by atoms with van der Waals surface area (Å²) in [5, 5.41) is 54.3. The quantitative estimate of drug-likeness (QED) is 0.205. The number of carbonyl (C=O) groups excluding carboxylic acids is 1. The van der Waals surface area contributed by atoms with Gasteiger partial charge in [0.25, 0.3) is 0 Å². The lowest BCUT2D eigenvalue weighted by Crippen LogP contribution is -2.68. The van der Waals surface area contributed by atoms with Crippen LogP contribution in [0.4, 0.5) is 0 Å². The molecule has 2 aliphatic heterocycles. The fourth-order valence-corrected chi connectivity index (χ4v) is 13.0. The summed E-state index contributed by atoms with van der Waals surface area (Å²) in [5.74, 6) is 0.407. The lowest BCUT2D eigenvalue weighted by atomic mass is 9.35. The van der Waals surface area contributed by atoms with E-state index in [1.807, 2.05) is 13.8 Å². The SMILES string of the molecule is CC(=O)O[C@H]1[C@H](O[C@H]2CC[C@]3(C)[C@H]4[C@H](O)C[C@@H]5[C@@H]([C@]6(C)CC[C@H](C(C)(C)O)O6)CC[C@@]5(C)[C@]4(C)CC[C@H]3C2(C)C)O[C@H](CO)[C@@H](O)[C@@H]1O. The first-order valence-electron chi connectivity index (χ1n) is 18.7. The Kier molecular flexibility index (Phi) is 9.31. The van der Waals surface area contributed by atoms with E-state index in [2.05, 4.69) is 41.5 Å². The Morgan fingerprint density at radius 3 is 2.15 bits per heavy atom. The van der Waals surface area contributed by atoms with Crippen molar-refractivity contribution in [2.75, 3.05) is 6.61 Å². The number of hydrogen-bond donors (Lipinski definition) is 5. The van der Waals surface area contributed by atoms with Gasteiger partial charge in [-0.15, -0.1) is 0 Å². The summed E-state index contributed by atoms with van der Waals surface area (Å²) >= 11 is 0. The Labute approximate surface area is 287 Å². The van der Waals surface area contributed by atoms with Crippen LogP contribution in [-0.4, -0.2) is 98.3 Å². The summed E-state index contributed by atoms with van der Waals surface area (Å²) in [6.45, 7) is 18.5. The molecule has 0 spiro atoms. The van der Waals surface area contributed by atoms with Gasteiger partial charge in [-0.2, -0.15) is 0 Å². The fraction of sp³-hybridized carbons (Fsp3) is 0.974. The van der Waals surface area contributed by atoms with Crippen LogP contribution < -0.4 is 0 Å². The van der Waals surface area contributed by atoms with Crippen LogP contribution in [0.5, 0.6) is 0 Å². The minimum atomic E-state index is -1.46. The van der Waals surface area contributed by atoms with Gasteiger partial charge in [-0.25, -0.2) is 0 Å². The number of rotatable bonds is 6. The van der Waals surface area contributed by atoms with Crippen LogP contribution in [0.2, 0.25) is 0 Å². The zero-order valence-corrected chi connectivity index (χ0v) is 30.8. The second-order valence-electron chi connectivity index (χ2n) is 18.8. The molecule has 276 valence electrons. The summed E-state index contributed by atoms with van der Waals surface area (Å²) in [7, 11) is 0. The molecule has 16 atom stereocenters. The molecule has 0 aromatic heterocycles. The number of carbonyl (C=O) groups is 1. The lowest BCUT2D eigenvalue weighted by molar-refractivity contribution is -0.334. The maximum Gasteiger partial charge on any atom is 0.303 e. The molecule has 0 aromatic carbocycles. The highest BCUT2D eigenvalue weighted by Crippen LogP contribution is 2.76. The molecule has 2 saturated heterocycles.